The quantitative estimate of drug-likeness (QED) is 0.794. The van der Waals surface area contributed by atoms with Gasteiger partial charge < -0.3 is 9.88 Å². The molecule has 16 heavy (non-hydrogen) atoms. The van der Waals surface area contributed by atoms with Crippen molar-refractivity contribution in [3.63, 3.8) is 0 Å². The lowest BCUT2D eigenvalue weighted by Gasteiger charge is -2.13. The maximum absolute atomic E-state index is 12.0. The van der Waals surface area contributed by atoms with Crippen molar-refractivity contribution in [2.75, 3.05) is 13.6 Å². The Hall–Kier alpha value is -1.58. The number of rotatable bonds is 3. The van der Waals surface area contributed by atoms with Crippen molar-refractivity contribution >= 4 is 11.7 Å². The molecule has 1 aromatic heterocycles. The summed E-state index contributed by atoms with van der Waals surface area (Å²) >= 11 is 0. The van der Waals surface area contributed by atoms with Gasteiger partial charge in [0.2, 0.25) is 0 Å². The highest BCUT2D eigenvalue weighted by Gasteiger charge is 2.21. The van der Waals surface area contributed by atoms with Crippen molar-refractivity contribution in [1.82, 2.24) is 9.88 Å². The number of carbonyl (C=O) groups excluding carboxylic acids is 2. The molecule has 0 saturated carbocycles. The van der Waals surface area contributed by atoms with Gasteiger partial charge in [0, 0.05) is 24.8 Å². The summed E-state index contributed by atoms with van der Waals surface area (Å²) in [7, 11) is 1.74. The number of amides is 1. The van der Waals surface area contributed by atoms with E-state index < -0.39 is 0 Å². The van der Waals surface area contributed by atoms with Crippen molar-refractivity contribution < 1.29 is 9.59 Å². The van der Waals surface area contributed by atoms with E-state index in [0.717, 1.165) is 11.3 Å². The van der Waals surface area contributed by atoms with Crippen LogP contribution in [0.1, 0.15) is 46.0 Å². The molecule has 0 fully saturated rings. The maximum Gasteiger partial charge on any atom is 0.270 e. The molecule has 0 aliphatic heterocycles. The van der Waals surface area contributed by atoms with Gasteiger partial charge in [-0.15, -0.1) is 0 Å². The third-order valence-electron chi connectivity index (χ3n) is 2.82. The van der Waals surface area contributed by atoms with Gasteiger partial charge in [-0.2, -0.15) is 0 Å². The second kappa shape index (κ2) is 4.51. The number of nitrogens with zero attached hydrogens (tertiary/aromatic N) is 1. The van der Waals surface area contributed by atoms with Gasteiger partial charge in [-0.05, 0) is 33.3 Å². The van der Waals surface area contributed by atoms with E-state index in [4.69, 9.17) is 0 Å². The Morgan fingerprint density at radius 2 is 1.88 bits per heavy atom. The molecule has 0 aliphatic rings. The second-order valence-electron chi connectivity index (χ2n) is 4.00. The minimum atomic E-state index is -0.0735. The standard InChI is InChI=1S/C12H18N2O2/c1-6-14(5)12(16)11-7(2)10(9(4)15)8(3)13-11/h13H,6H2,1-5H3. The van der Waals surface area contributed by atoms with Gasteiger partial charge in [0.1, 0.15) is 5.69 Å². The molecule has 4 nitrogen and oxygen atoms in total. The molecule has 88 valence electrons. The Morgan fingerprint density at radius 1 is 1.31 bits per heavy atom. The van der Waals surface area contributed by atoms with E-state index in [2.05, 4.69) is 4.98 Å². The zero-order valence-electron chi connectivity index (χ0n) is 10.5. The highest BCUT2D eigenvalue weighted by atomic mass is 16.2. The summed E-state index contributed by atoms with van der Waals surface area (Å²) in [6.45, 7) is 7.69. The first kappa shape index (κ1) is 12.5. The molecular formula is C12H18N2O2. The Bertz CT molecular complexity index is 432. The number of aromatic amines is 1. The lowest BCUT2D eigenvalue weighted by atomic mass is 10.1. The lowest BCUT2D eigenvalue weighted by molar-refractivity contribution is 0.0796. The van der Waals surface area contributed by atoms with E-state index in [1.54, 1.807) is 18.9 Å². The predicted octanol–water partition coefficient (Wildman–Crippen LogP) is 1.93. The molecule has 0 spiro atoms. The third-order valence-corrected chi connectivity index (χ3v) is 2.82. The van der Waals surface area contributed by atoms with Crippen LogP contribution in [-0.2, 0) is 0 Å². The highest BCUT2D eigenvalue weighted by Crippen LogP contribution is 2.19. The topological polar surface area (TPSA) is 53.2 Å². The Labute approximate surface area is 95.6 Å². The highest BCUT2D eigenvalue weighted by molar-refractivity contribution is 6.02. The molecule has 0 unspecified atom stereocenters. The van der Waals surface area contributed by atoms with E-state index in [1.807, 2.05) is 13.8 Å². The van der Waals surface area contributed by atoms with Gasteiger partial charge in [-0.3, -0.25) is 9.59 Å². The number of nitrogens with one attached hydrogen (secondary N) is 1. The number of ketones is 1. The smallest absolute Gasteiger partial charge is 0.270 e. The Kier molecular flexibility index (Phi) is 3.52. The van der Waals surface area contributed by atoms with E-state index in [1.165, 1.54) is 6.92 Å². The number of carbonyl (C=O) groups is 2. The SMILES string of the molecule is CCN(C)C(=O)c1[nH]c(C)c(C(C)=O)c1C. The molecule has 1 amide bonds. The molecule has 1 N–H and O–H groups in total. The van der Waals surface area contributed by atoms with E-state index >= 15 is 0 Å². The van der Waals surface area contributed by atoms with Crippen LogP contribution in [0.2, 0.25) is 0 Å². The summed E-state index contributed by atoms with van der Waals surface area (Å²) in [4.78, 5) is 28.0. The van der Waals surface area contributed by atoms with Gasteiger partial charge >= 0.3 is 0 Å². The van der Waals surface area contributed by atoms with Crippen molar-refractivity contribution in [1.29, 1.82) is 0 Å². The van der Waals surface area contributed by atoms with Crippen molar-refractivity contribution in [3.8, 4) is 0 Å². The number of hydrogen-bond donors (Lipinski definition) is 1. The number of aromatic nitrogens is 1. The normalized spacial score (nSPS) is 10.3. The third kappa shape index (κ3) is 2.01. The summed E-state index contributed by atoms with van der Waals surface area (Å²) in [6, 6.07) is 0. The fraction of sp³-hybridized carbons (Fsp3) is 0.500. The molecular weight excluding hydrogens is 204 g/mol. The lowest BCUT2D eigenvalue weighted by Crippen LogP contribution is -2.27. The minimum absolute atomic E-state index is 0.00977. The molecule has 1 heterocycles. The van der Waals surface area contributed by atoms with Gasteiger partial charge in [-0.25, -0.2) is 0 Å². The first-order valence-electron chi connectivity index (χ1n) is 5.35. The zero-order valence-corrected chi connectivity index (χ0v) is 10.5. The average molecular weight is 222 g/mol. The summed E-state index contributed by atoms with van der Waals surface area (Å²) in [5, 5.41) is 0. The fourth-order valence-corrected chi connectivity index (χ4v) is 1.83. The van der Waals surface area contributed by atoms with Gasteiger partial charge in [0.05, 0.1) is 0 Å². The molecule has 0 saturated heterocycles. The van der Waals surface area contributed by atoms with Crippen LogP contribution in [0, 0.1) is 13.8 Å². The molecule has 1 aromatic rings. The molecule has 0 atom stereocenters. The van der Waals surface area contributed by atoms with Crippen LogP contribution < -0.4 is 0 Å². The minimum Gasteiger partial charge on any atom is -0.354 e. The summed E-state index contributed by atoms with van der Waals surface area (Å²) < 4.78 is 0. The van der Waals surface area contributed by atoms with Gasteiger partial charge in [0.25, 0.3) is 5.91 Å². The zero-order chi connectivity index (χ0) is 12.5. The van der Waals surface area contributed by atoms with E-state index in [9.17, 15) is 9.59 Å². The van der Waals surface area contributed by atoms with Gasteiger partial charge in [-0.1, -0.05) is 0 Å². The first-order chi connectivity index (χ1) is 7.40. The van der Waals surface area contributed by atoms with Crippen LogP contribution in [0.3, 0.4) is 0 Å². The largest absolute Gasteiger partial charge is 0.354 e. The second-order valence-corrected chi connectivity index (χ2v) is 4.00. The van der Waals surface area contributed by atoms with E-state index in [-0.39, 0.29) is 11.7 Å². The number of Topliss-reactive ketones (excluding diaryl/α,β-unsaturated/α-hetero) is 1. The van der Waals surface area contributed by atoms with Crippen LogP contribution in [0.5, 0.6) is 0 Å². The summed E-state index contributed by atoms with van der Waals surface area (Å²) in [5.41, 5.74) is 2.66. The predicted molar refractivity (Wildman–Crippen MR) is 62.9 cm³/mol. The number of H-pyrrole nitrogens is 1. The molecule has 0 radical (unpaired) electrons. The van der Waals surface area contributed by atoms with Crippen molar-refractivity contribution in [2.24, 2.45) is 0 Å². The Morgan fingerprint density at radius 3 is 2.25 bits per heavy atom. The van der Waals surface area contributed by atoms with Crippen LogP contribution in [0.4, 0.5) is 0 Å². The Balaban J connectivity index is 3.22. The first-order valence-corrected chi connectivity index (χ1v) is 5.35. The fourth-order valence-electron chi connectivity index (χ4n) is 1.83. The van der Waals surface area contributed by atoms with Crippen LogP contribution in [-0.4, -0.2) is 35.2 Å². The van der Waals surface area contributed by atoms with Crippen LogP contribution >= 0.6 is 0 Å². The molecule has 0 aromatic carbocycles. The summed E-state index contributed by atoms with van der Waals surface area (Å²) in [5.74, 6) is -0.0833. The molecule has 0 aliphatic carbocycles. The molecule has 0 bridgehead atoms. The van der Waals surface area contributed by atoms with Crippen molar-refractivity contribution in [2.45, 2.75) is 27.7 Å². The van der Waals surface area contributed by atoms with E-state index in [0.29, 0.717) is 17.8 Å². The number of aryl methyl sites for hydroxylation is 1. The average Bonchev–Trinajstić information content (AvgIpc) is 2.51. The monoisotopic (exact) mass is 222 g/mol. The molecule has 1 rings (SSSR count). The van der Waals surface area contributed by atoms with Crippen molar-refractivity contribution in [3.05, 3.63) is 22.5 Å². The number of hydrogen-bond acceptors (Lipinski definition) is 2. The van der Waals surface area contributed by atoms with Crippen LogP contribution in [0.15, 0.2) is 0 Å². The maximum atomic E-state index is 12.0. The van der Waals surface area contributed by atoms with Gasteiger partial charge in [0.15, 0.2) is 5.78 Å². The van der Waals surface area contributed by atoms with Crippen LogP contribution in [0.25, 0.3) is 0 Å². The molecule has 4 heteroatoms. The summed E-state index contributed by atoms with van der Waals surface area (Å²) in [6.07, 6.45) is 0.